The molecule has 1 amide bonds. The number of nitrogens with zero attached hydrogens (tertiary/aromatic N) is 1. The third-order valence-electron chi connectivity index (χ3n) is 9.94. The standard InChI is InChI=1S/C33H30ClN2O5P/c1-20-16-35-28-26(41-42(39-17-21-8-4-2-5-9-21)40-18-22-10-6-3-7-11-22)14-25-23(27(20)28)12-13-36(25)31(38)32-15-24-29(32)33(24,19-32)30(34)37/h2-11,14,16,24,29,35H,12-13,15,17-19H2,1H3. The van der Waals surface area contributed by atoms with Crippen LogP contribution in [0, 0.1) is 29.6 Å². The summed E-state index contributed by atoms with van der Waals surface area (Å²) in [7, 11) is -1.78. The maximum absolute atomic E-state index is 14.0. The van der Waals surface area contributed by atoms with Gasteiger partial charge in [-0.2, -0.15) is 0 Å². The number of hydrogen-bond acceptors (Lipinski definition) is 5. The number of aryl methyl sites for hydroxylation is 1. The van der Waals surface area contributed by atoms with Crippen LogP contribution >= 0.6 is 20.2 Å². The number of carbonyl (C=O) groups excluding carboxylic acids is 2. The van der Waals surface area contributed by atoms with Crippen LogP contribution in [0.5, 0.6) is 5.75 Å². The monoisotopic (exact) mass is 600 g/mol. The Hall–Kier alpha value is -3.22. The van der Waals surface area contributed by atoms with Crippen molar-refractivity contribution in [2.24, 2.45) is 22.7 Å². The van der Waals surface area contributed by atoms with Crippen molar-refractivity contribution in [1.82, 2.24) is 4.98 Å². The lowest BCUT2D eigenvalue weighted by atomic mass is 9.58. The van der Waals surface area contributed by atoms with E-state index < -0.39 is 19.4 Å². The fourth-order valence-corrected chi connectivity index (χ4v) is 9.30. The Bertz CT molecular complexity index is 1690. The van der Waals surface area contributed by atoms with Crippen molar-refractivity contribution < 1.29 is 23.2 Å². The Kier molecular flexibility index (Phi) is 6.07. The Morgan fingerprint density at radius 2 is 1.71 bits per heavy atom. The van der Waals surface area contributed by atoms with Crippen molar-refractivity contribution in [3.05, 3.63) is 95.2 Å². The topological polar surface area (TPSA) is 80.9 Å². The zero-order valence-electron chi connectivity index (χ0n) is 23.1. The van der Waals surface area contributed by atoms with E-state index in [1.807, 2.05) is 77.8 Å². The van der Waals surface area contributed by atoms with E-state index >= 15 is 0 Å². The average Bonchev–Trinajstić information content (AvgIpc) is 3.51. The molecular weight excluding hydrogens is 571 g/mol. The Labute approximate surface area is 250 Å². The lowest BCUT2D eigenvalue weighted by molar-refractivity contribution is -0.142. The van der Waals surface area contributed by atoms with Gasteiger partial charge in [0.1, 0.15) is 0 Å². The molecule has 1 aromatic heterocycles. The molecule has 1 aliphatic heterocycles. The fraction of sp³-hybridized carbons (Fsp3) is 0.333. The van der Waals surface area contributed by atoms with Gasteiger partial charge in [0.05, 0.1) is 35.2 Å². The summed E-state index contributed by atoms with van der Waals surface area (Å²) in [5.74, 6) is 1.12. The van der Waals surface area contributed by atoms with E-state index in [-0.39, 0.29) is 23.0 Å². The van der Waals surface area contributed by atoms with Crippen LogP contribution in [0.25, 0.3) is 10.9 Å². The van der Waals surface area contributed by atoms with E-state index in [2.05, 4.69) is 11.9 Å². The first kappa shape index (κ1) is 26.4. The number of fused-ring (bicyclic) bond motifs is 4. The third-order valence-corrected chi connectivity index (χ3v) is 11.3. The SMILES string of the molecule is Cc1c[nH]c2c(OP(OCc3ccccc3)OCc3ccccc3)cc3c(c12)CCN3C(=O)C12CC3C1C3(C(=O)Cl)C2. The Morgan fingerprint density at radius 3 is 2.31 bits per heavy atom. The molecule has 0 radical (unpaired) electrons. The largest absolute Gasteiger partial charge is 0.424 e. The van der Waals surface area contributed by atoms with Gasteiger partial charge in [0, 0.05) is 24.2 Å². The highest BCUT2D eigenvalue weighted by Crippen LogP contribution is 2.93. The van der Waals surface area contributed by atoms with Crippen molar-refractivity contribution in [3.63, 3.8) is 0 Å². The van der Waals surface area contributed by atoms with E-state index in [4.69, 9.17) is 25.2 Å². The number of H-pyrrole nitrogens is 1. The highest BCUT2D eigenvalue weighted by atomic mass is 35.5. The summed E-state index contributed by atoms with van der Waals surface area (Å²) in [6.07, 6.45) is 4.10. The van der Waals surface area contributed by atoms with Gasteiger partial charge in [-0.25, -0.2) is 0 Å². The summed E-state index contributed by atoms with van der Waals surface area (Å²) >= 11 is 5.95. The molecule has 0 saturated heterocycles. The summed E-state index contributed by atoms with van der Waals surface area (Å²) in [5.41, 5.74) is 5.16. The van der Waals surface area contributed by atoms with Crippen LogP contribution in [0.4, 0.5) is 5.69 Å². The summed E-state index contributed by atoms with van der Waals surface area (Å²) in [6.45, 7) is 3.37. The van der Waals surface area contributed by atoms with Crippen molar-refractivity contribution >= 4 is 47.9 Å². The minimum atomic E-state index is -1.78. The molecule has 4 aromatic rings. The first-order valence-corrected chi connectivity index (χ1v) is 15.9. The van der Waals surface area contributed by atoms with Crippen molar-refractivity contribution in [1.29, 1.82) is 0 Å². The van der Waals surface area contributed by atoms with Crippen LogP contribution in [0.1, 0.15) is 35.1 Å². The van der Waals surface area contributed by atoms with Gasteiger partial charge in [-0.15, -0.1) is 0 Å². The molecule has 3 aliphatic carbocycles. The van der Waals surface area contributed by atoms with Crippen LogP contribution in [0.2, 0.25) is 0 Å². The molecule has 3 aromatic carbocycles. The highest BCUT2D eigenvalue weighted by molar-refractivity contribution is 7.42. The number of rotatable bonds is 10. The smallest absolute Gasteiger partial charge is 0.397 e. The van der Waals surface area contributed by atoms with Gasteiger partial charge in [0.2, 0.25) is 11.1 Å². The molecule has 0 spiro atoms. The predicted octanol–water partition coefficient (Wildman–Crippen LogP) is 7.20. The number of anilines is 1. The molecule has 0 bridgehead atoms. The van der Waals surface area contributed by atoms with E-state index in [0.29, 0.717) is 31.9 Å². The molecule has 9 heteroatoms. The Morgan fingerprint density at radius 1 is 1.05 bits per heavy atom. The van der Waals surface area contributed by atoms with Gasteiger partial charge >= 0.3 is 8.60 Å². The number of carbonyl (C=O) groups is 2. The number of aromatic amines is 1. The van der Waals surface area contributed by atoms with Gasteiger partial charge in [-0.05, 0) is 71.9 Å². The maximum atomic E-state index is 14.0. The molecule has 42 heavy (non-hydrogen) atoms. The molecule has 3 saturated carbocycles. The minimum absolute atomic E-state index is 0.116. The molecule has 8 rings (SSSR count). The van der Waals surface area contributed by atoms with E-state index in [9.17, 15) is 9.59 Å². The van der Waals surface area contributed by atoms with E-state index in [0.717, 1.165) is 51.7 Å². The second-order valence-corrected chi connectivity index (χ2v) is 13.6. The molecule has 4 atom stereocenters. The number of amides is 1. The molecule has 3 fully saturated rings. The van der Waals surface area contributed by atoms with Gasteiger partial charge < -0.3 is 14.4 Å². The lowest BCUT2D eigenvalue weighted by Gasteiger charge is -2.46. The predicted molar refractivity (Wildman–Crippen MR) is 161 cm³/mol. The number of aromatic nitrogens is 1. The Balaban J connectivity index is 1.10. The van der Waals surface area contributed by atoms with Crippen LogP contribution in [-0.4, -0.2) is 22.7 Å². The summed E-state index contributed by atoms with van der Waals surface area (Å²) in [4.78, 5) is 31.5. The van der Waals surface area contributed by atoms with Crippen LogP contribution < -0.4 is 9.42 Å². The van der Waals surface area contributed by atoms with Crippen molar-refractivity contribution in [2.45, 2.75) is 39.4 Å². The van der Waals surface area contributed by atoms with Crippen LogP contribution in [0.15, 0.2) is 72.9 Å². The molecular formula is C33H30ClN2O5P. The molecule has 1 N–H and O–H groups in total. The highest BCUT2D eigenvalue weighted by Gasteiger charge is 2.94. The zero-order valence-corrected chi connectivity index (χ0v) is 24.8. The van der Waals surface area contributed by atoms with Crippen molar-refractivity contribution in [3.8, 4) is 5.75 Å². The lowest BCUT2D eigenvalue weighted by Crippen LogP contribution is -2.54. The summed E-state index contributed by atoms with van der Waals surface area (Å²) < 4.78 is 19.0. The molecule has 4 unspecified atom stereocenters. The third kappa shape index (κ3) is 3.77. The second kappa shape index (κ2) is 9.65. The first-order chi connectivity index (χ1) is 20.4. The first-order valence-electron chi connectivity index (χ1n) is 14.4. The zero-order chi connectivity index (χ0) is 28.6. The number of nitrogens with one attached hydrogen (secondary N) is 1. The molecule has 214 valence electrons. The van der Waals surface area contributed by atoms with Gasteiger partial charge in [0.25, 0.3) is 0 Å². The average molecular weight is 601 g/mol. The second-order valence-electron chi connectivity index (χ2n) is 12.1. The van der Waals surface area contributed by atoms with E-state index in [1.54, 1.807) is 0 Å². The van der Waals surface area contributed by atoms with Gasteiger partial charge in [-0.1, -0.05) is 60.7 Å². The van der Waals surface area contributed by atoms with Crippen LogP contribution in [0.3, 0.4) is 0 Å². The molecule has 4 aliphatic rings. The maximum Gasteiger partial charge on any atom is 0.397 e. The molecule has 2 heterocycles. The summed E-state index contributed by atoms with van der Waals surface area (Å²) in [6, 6.07) is 21.8. The fourth-order valence-electron chi connectivity index (χ4n) is 7.98. The molecule has 7 nitrogen and oxygen atoms in total. The number of halogens is 1. The number of benzene rings is 3. The quantitative estimate of drug-likeness (QED) is 0.154. The van der Waals surface area contributed by atoms with Crippen LogP contribution in [-0.2, 0) is 38.3 Å². The van der Waals surface area contributed by atoms with Crippen molar-refractivity contribution in [2.75, 3.05) is 11.4 Å². The summed E-state index contributed by atoms with van der Waals surface area (Å²) in [5, 5.41) is 0.813. The normalized spacial score (nSPS) is 26.4. The van der Waals surface area contributed by atoms with Gasteiger partial charge in [-0.3, -0.25) is 18.6 Å². The minimum Gasteiger partial charge on any atom is -0.424 e. The number of hydrogen-bond donors (Lipinski definition) is 1. The van der Waals surface area contributed by atoms with Gasteiger partial charge in [0.15, 0.2) is 5.75 Å². The van der Waals surface area contributed by atoms with E-state index in [1.165, 1.54) is 0 Å².